The van der Waals surface area contributed by atoms with Gasteiger partial charge in [0.2, 0.25) is 11.8 Å². The van der Waals surface area contributed by atoms with Crippen LogP contribution >= 0.6 is 0 Å². The van der Waals surface area contributed by atoms with Crippen molar-refractivity contribution in [3.63, 3.8) is 0 Å². The molecule has 1 saturated heterocycles. The Morgan fingerprint density at radius 2 is 2.20 bits per heavy atom. The van der Waals surface area contributed by atoms with E-state index in [4.69, 9.17) is 0 Å². The van der Waals surface area contributed by atoms with Gasteiger partial charge in [-0.3, -0.25) is 19.7 Å². The lowest BCUT2D eigenvalue weighted by Crippen LogP contribution is -2.58. The number of carbonyl (C=O) groups is 3. The van der Waals surface area contributed by atoms with Crippen LogP contribution < -0.4 is 5.32 Å². The quantitative estimate of drug-likeness (QED) is 0.717. The molecule has 3 amide bonds. The Balaban J connectivity index is 1.94. The molecule has 0 bridgehead atoms. The average molecular weight is 272 g/mol. The summed E-state index contributed by atoms with van der Waals surface area (Å²) >= 11 is 0. The van der Waals surface area contributed by atoms with E-state index >= 15 is 0 Å². The first-order chi connectivity index (χ1) is 9.56. The Bertz CT molecular complexity index is 721. The molecule has 2 N–H and O–H groups in total. The molecule has 1 unspecified atom stereocenters. The molecular weight excluding hydrogens is 260 g/mol. The number of nitrogens with one attached hydrogen (secondary N) is 2. The fourth-order valence-electron chi connectivity index (χ4n) is 2.20. The Kier molecular flexibility index (Phi) is 2.74. The number of carbonyl (C=O) groups excluding carboxylic acids is 3. The lowest BCUT2D eigenvalue weighted by Gasteiger charge is -2.31. The van der Waals surface area contributed by atoms with Crippen molar-refractivity contribution in [2.24, 2.45) is 0 Å². The van der Waals surface area contributed by atoms with E-state index in [1.807, 2.05) is 0 Å². The molecule has 7 heteroatoms. The summed E-state index contributed by atoms with van der Waals surface area (Å²) in [5, 5.41) is 2.20. The molecule has 1 aliphatic heterocycles. The molecule has 1 aromatic carbocycles. The second-order valence-electron chi connectivity index (χ2n) is 4.66. The second-order valence-corrected chi connectivity index (χ2v) is 4.66. The average Bonchev–Trinajstić information content (AvgIpc) is 2.89. The number of fused-ring (bicyclic) bond motifs is 1. The minimum atomic E-state index is -0.669. The minimum absolute atomic E-state index is 0.118. The van der Waals surface area contributed by atoms with Crippen molar-refractivity contribution in [2.45, 2.75) is 13.0 Å². The van der Waals surface area contributed by atoms with Gasteiger partial charge in [-0.25, -0.2) is 4.98 Å². The van der Waals surface area contributed by atoms with Gasteiger partial charge in [-0.1, -0.05) is 0 Å². The van der Waals surface area contributed by atoms with Gasteiger partial charge in [-0.05, 0) is 25.1 Å². The summed E-state index contributed by atoms with van der Waals surface area (Å²) in [4.78, 5) is 43.7. The number of H-pyrrole nitrogens is 1. The highest BCUT2D eigenvalue weighted by molar-refractivity contribution is 6.07. The maximum Gasteiger partial charge on any atom is 0.255 e. The van der Waals surface area contributed by atoms with Crippen LogP contribution in [0.1, 0.15) is 17.3 Å². The molecule has 20 heavy (non-hydrogen) atoms. The van der Waals surface area contributed by atoms with Crippen LogP contribution in [-0.2, 0) is 9.59 Å². The second kappa shape index (κ2) is 4.44. The Labute approximate surface area is 114 Å². The van der Waals surface area contributed by atoms with Gasteiger partial charge in [0.1, 0.15) is 12.6 Å². The fraction of sp³-hybridized carbons (Fsp3) is 0.231. The van der Waals surface area contributed by atoms with Crippen LogP contribution in [0, 0.1) is 0 Å². The molecule has 1 atom stereocenters. The van der Waals surface area contributed by atoms with Crippen LogP contribution in [0.4, 0.5) is 0 Å². The summed E-state index contributed by atoms with van der Waals surface area (Å²) < 4.78 is 0. The van der Waals surface area contributed by atoms with E-state index in [1.54, 1.807) is 31.5 Å². The van der Waals surface area contributed by atoms with E-state index in [-0.39, 0.29) is 12.5 Å². The first-order valence-corrected chi connectivity index (χ1v) is 6.14. The zero-order chi connectivity index (χ0) is 14.3. The fourth-order valence-corrected chi connectivity index (χ4v) is 2.20. The maximum absolute atomic E-state index is 12.4. The number of aromatic amines is 1. The van der Waals surface area contributed by atoms with Gasteiger partial charge >= 0.3 is 0 Å². The highest BCUT2D eigenvalue weighted by Gasteiger charge is 2.33. The highest BCUT2D eigenvalue weighted by Crippen LogP contribution is 2.16. The topological polar surface area (TPSA) is 95.2 Å². The van der Waals surface area contributed by atoms with Crippen molar-refractivity contribution < 1.29 is 14.4 Å². The molecule has 0 saturated carbocycles. The van der Waals surface area contributed by atoms with Gasteiger partial charge in [0, 0.05) is 5.56 Å². The predicted octanol–water partition coefficient (Wildman–Crippen LogP) is 0.0500. The normalized spacial score (nSPS) is 19.2. The molecular formula is C13H12N4O3. The van der Waals surface area contributed by atoms with Crippen molar-refractivity contribution in [1.29, 1.82) is 0 Å². The largest absolute Gasteiger partial charge is 0.345 e. The molecule has 102 valence electrons. The third kappa shape index (κ3) is 1.93. The monoisotopic (exact) mass is 272 g/mol. The predicted molar refractivity (Wildman–Crippen MR) is 69.7 cm³/mol. The van der Waals surface area contributed by atoms with Gasteiger partial charge in [-0.2, -0.15) is 0 Å². The van der Waals surface area contributed by atoms with E-state index in [2.05, 4.69) is 15.3 Å². The molecule has 1 fully saturated rings. The number of nitrogens with zero attached hydrogens (tertiary/aromatic N) is 2. The summed E-state index contributed by atoms with van der Waals surface area (Å²) in [6, 6.07) is 4.34. The lowest BCUT2D eigenvalue weighted by molar-refractivity contribution is -0.138. The van der Waals surface area contributed by atoms with Gasteiger partial charge < -0.3 is 9.88 Å². The van der Waals surface area contributed by atoms with Crippen LogP contribution in [-0.4, -0.2) is 45.2 Å². The minimum Gasteiger partial charge on any atom is -0.345 e. The van der Waals surface area contributed by atoms with Crippen molar-refractivity contribution in [3.8, 4) is 0 Å². The molecule has 0 radical (unpaired) electrons. The number of imidazole rings is 1. The summed E-state index contributed by atoms with van der Waals surface area (Å²) in [6.45, 7) is 1.47. The Morgan fingerprint density at radius 3 is 3.00 bits per heavy atom. The number of piperazine rings is 1. The third-order valence-electron chi connectivity index (χ3n) is 3.35. The highest BCUT2D eigenvalue weighted by atomic mass is 16.2. The standard InChI is InChI=1S/C13H12N4O3/c1-7-12(19)16-11(18)5-17(7)13(20)8-2-3-9-10(4-8)15-6-14-9/h2-4,6-7H,5H2,1H3,(H,14,15)(H,16,18,19). The van der Waals surface area contributed by atoms with Crippen molar-refractivity contribution in [1.82, 2.24) is 20.2 Å². The number of imide groups is 1. The van der Waals surface area contributed by atoms with Crippen LogP contribution in [0.15, 0.2) is 24.5 Å². The van der Waals surface area contributed by atoms with E-state index in [9.17, 15) is 14.4 Å². The first kappa shape index (κ1) is 12.3. The van der Waals surface area contributed by atoms with E-state index < -0.39 is 17.9 Å². The smallest absolute Gasteiger partial charge is 0.255 e. The van der Waals surface area contributed by atoms with E-state index in [1.165, 1.54) is 4.90 Å². The van der Waals surface area contributed by atoms with Crippen molar-refractivity contribution in [2.75, 3.05) is 6.54 Å². The molecule has 1 aliphatic rings. The van der Waals surface area contributed by atoms with E-state index in [0.717, 1.165) is 11.0 Å². The third-order valence-corrected chi connectivity index (χ3v) is 3.35. The zero-order valence-electron chi connectivity index (χ0n) is 10.7. The molecule has 7 nitrogen and oxygen atoms in total. The SMILES string of the molecule is CC1C(=O)NC(=O)CN1C(=O)c1ccc2nc[nH]c2c1. The van der Waals surface area contributed by atoms with Crippen LogP contribution in [0.3, 0.4) is 0 Å². The maximum atomic E-state index is 12.4. The summed E-state index contributed by atoms with van der Waals surface area (Å²) in [5.74, 6) is -1.28. The summed E-state index contributed by atoms with van der Waals surface area (Å²) in [6.07, 6.45) is 1.54. The molecule has 0 spiro atoms. The molecule has 3 rings (SSSR count). The Morgan fingerprint density at radius 1 is 1.40 bits per heavy atom. The van der Waals surface area contributed by atoms with Crippen molar-refractivity contribution in [3.05, 3.63) is 30.1 Å². The van der Waals surface area contributed by atoms with Gasteiger partial charge in [-0.15, -0.1) is 0 Å². The molecule has 0 aliphatic carbocycles. The Hall–Kier alpha value is -2.70. The van der Waals surface area contributed by atoms with Crippen LogP contribution in [0.2, 0.25) is 0 Å². The molecule has 2 heterocycles. The zero-order valence-corrected chi connectivity index (χ0v) is 10.7. The number of aromatic nitrogens is 2. The molecule has 1 aromatic heterocycles. The van der Waals surface area contributed by atoms with Gasteiger partial charge in [0.25, 0.3) is 5.91 Å². The number of hydrogen-bond acceptors (Lipinski definition) is 4. The van der Waals surface area contributed by atoms with E-state index in [0.29, 0.717) is 5.56 Å². The number of rotatable bonds is 1. The number of amides is 3. The van der Waals surface area contributed by atoms with Crippen molar-refractivity contribution >= 4 is 28.8 Å². The van der Waals surface area contributed by atoms with Crippen LogP contribution in [0.5, 0.6) is 0 Å². The first-order valence-electron chi connectivity index (χ1n) is 6.14. The van der Waals surface area contributed by atoms with Gasteiger partial charge in [0.15, 0.2) is 0 Å². The van der Waals surface area contributed by atoms with Crippen LogP contribution in [0.25, 0.3) is 11.0 Å². The summed E-state index contributed by atoms with van der Waals surface area (Å²) in [5.41, 5.74) is 1.90. The lowest BCUT2D eigenvalue weighted by atomic mass is 10.1. The van der Waals surface area contributed by atoms with Gasteiger partial charge in [0.05, 0.1) is 17.4 Å². The molecule has 2 aromatic rings. The number of benzene rings is 1. The summed E-state index contributed by atoms with van der Waals surface area (Å²) in [7, 11) is 0. The number of hydrogen-bond donors (Lipinski definition) is 2.